The van der Waals surface area contributed by atoms with Crippen LogP contribution >= 0.6 is 0 Å². The van der Waals surface area contributed by atoms with Gasteiger partial charge in [0, 0.05) is 39.0 Å². The van der Waals surface area contributed by atoms with E-state index in [4.69, 9.17) is 32.8 Å². The summed E-state index contributed by atoms with van der Waals surface area (Å²) in [6, 6.07) is 5.37. The van der Waals surface area contributed by atoms with Crippen LogP contribution in [0.4, 0.5) is 0 Å². The standard InChI is InChI=1S/C24H22O11/c1-11(25)32-16-10-17(30-5)18(33-12(2)26)9-15(16)23-24(31-6)22(28)21-19(34-13(3)27)7-14(29-4)8-20(21)35-23/h7-10H,1-6H3. The van der Waals surface area contributed by atoms with Crippen LogP contribution in [0.25, 0.3) is 22.3 Å². The maximum absolute atomic E-state index is 13.4. The second kappa shape index (κ2) is 10.2. The number of hydrogen-bond donors (Lipinski definition) is 0. The molecule has 0 saturated heterocycles. The van der Waals surface area contributed by atoms with Gasteiger partial charge < -0.3 is 32.8 Å². The fourth-order valence-corrected chi connectivity index (χ4v) is 3.31. The first-order chi connectivity index (χ1) is 16.6. The van der Waals surface area contributed by atoms with Crippen LogP contribution in [0, 0.1) is 0 Å². The molecule has 35 heavy (non-hydrogen) atoms. The summed E-state index contributed by atoms with van der Waals surface area (Å²) in [4.78, 5) is 48.5. The van der Waals surface area contributed by atoms with Crippen molar-refractivity contribution in [2.45, 2.75) is 20.8 Å². The summed E-state index contributed by atoms with van der Waals surface area (Å²) in [5.74, 6) is -2.28. The molecule has 0 fully saturated rings. The summed E-state index contributed by atoms with van der Waals surface area (Å²) in [6.45, 7) is 3.55. The van der Waals surface area contributed by atoms with Crippen molar-refractivity contribution in [3.63, 3.8) is 0 Å². The minimum absolute atomic E-state index is 0.0139. The molecule has 0 aliphatic heterocycles. The molecule has 0 saturated carbocycles. The van der Waals surface area contributed by atoms with Crippen molar-refractivity contribution < 1.29 is 47.2 Å². The van der Waals surface area contributed by atoms with Crippen LogP contribution in [0.1, 0.15) is 20.8 Å². The normalized spacial score (nSPS) is 10.5. The minimum Gasteiger partial charge on any atom is -0.496 e. The lowest BCUT2D eigenvalue weighted by Gasteiger charge is -2.16. The maximum Gasteiger partial charge on any atom is 0.308 e. The fraction of sp³-hybridized carbons (Fsp3) is 0.250. The molecule has 0 atom stereocenters. The largest absolute Gasteiger partial charge is 0.496 e. The average Bonchev–Trinajstić information content (AvgIpc) is 2.78. The predicted octanol–water partition coefficient (Wildman–Crippen LogP) is 3.26. The number of esters is 3. The molecule has 1 aromatic heterocycles. The van der Waals surface area contributed by atoms with Gasteiger partial charge in [-0.1, -0.05) is 0 Å². The Morgan fingerprint density at radius 2 is 1.29 bits per heavy atom. The number of rotatable bonds is 7. The van der Waals surface area contributed by atoms with Crippen LogP contribution in [0.2, 0.25) is 0 Å². The Labute approximate surface area is 199 Å². The molecule has 184 valence electrons. The highest BCUT2D eigenvalue weighted by Gasteiger charge is 2.26. The highest BCUT2D eigenvalue weighted by molar-refractivity contribution is 5.91. The smallest absolute Gasteiger partial charge is 0.308 e. The van der Waals surface area contributed by atoms with Gasteiger partial charge in [-0.15, -0.1) is 0 Å². The van der Waals surface area contributed by atoms with E-state index in [9.17, 15) is 19.2 Å². The van der Waals surface area contributed by atoms with Crippen LogP contribution in [0.5, 0.6) is 34.5 Å². The number of methoxy groups -OCH3 is 3. The molecule has 0 spiro atoms. The van der Waals surface area contributed by atoms with Crippen molar-refractivity contribution in [2.75, 3.05) is 21.3 Å². The molecular weight excluding hydrogens is 464 g/mol. The van der Waals surface area contributed by atoms with E-state index in [0.29, 0.717) is 0 Å². The fourth-order valence-electron chi connectivity index (χ4n) is 3.31. The number of benzene rings is 2. The Hall–Kier alpha value is -4.54. The van der Waals surface area contributed by atoms with E-state index >= 15 is 0 Å². The number of hydrogen-bond acceptors (Lipinski definition) is 11. The lowest BCUT2D eigenvalue weighted by atomic mass is 10.1. The molecule has 0 bridgehead atoms. The molecule has 1 heterocycles. The molecule has 3 rings (SSSR count). The van der Waals surface area contributed by atoms with E-state index in [1.807, 2.05) is 0 Å². The summed E-state index contributed by atoms with van der Waals surface area (Å²) in [7, 11) is 3.95. The molecule has 0 aliphatic rings. The van der Waals surface area contributed by atoms with Crippen LogP contribution in [-0.4, -0.2) is 39.2 Å². The van der Waals surface area contributed by atoms with Crippen molar-refractivity contribution in [1.29, 1.82) is 0 Å². The van der Waals surface area contributed by atoms with E-state index in [-0.39, 0.29) is 56.8 Å². The van der Waals surface area contributed by atoms with Crippen molar-refractivity contribution in [2.24, 2.45) is 0 Å². The van der Waals surface area contributed by atoms with E-state index in [1.54, 1.807) is 0 Å². The summed E-state index contributed by atoms with van der Waals surface area (Å²) in [5.41, 5.74) is -0.647. The van der Waals surface area contributed by atoms with Crippen LogP contribution < -0.4 is 33.8 Å². The van der Waals surface area contributed by atoms with Crippen LogP contribution in [-0.2, 0) is 14.4 Å². The van der Waals surface area contributed by atoms with Crippen molar-refractivity contribution in [3.8, 4) is 45.8 Å². The van der Waals surface area contributed by atoms with Crippen molar-refractivity contribution in [3.05, 3.63) is 34.5 Å². The third-order valence-electron chi connectivity index (χ3n) is 4.60. The van der Waals surface area contributed by atoms with Gasteiger partial charge in [-0.25, -0.2) is 0 Å². The van der Waals surface area contributed by atoms with Crippen molar-refractivity contribution in [1.82, 2.24) is 0 Å². The first-order valence-corrected chi connectivity index (χ1v) is 10.1. The van der Waals surface area contributed by atoms with Gasteiger partial charge in [-0.3, -0.25) is 19.2 Å². The lowest BCUT2D eigenvalue weighted by Crippen LogP contribution is -2.12. The summed E-state index contributed by atoms with van der Waals surface area (Å²) in [6.07, 6.45) is 0. The minimum atomic E-state index is -0.679. The molecule has 0 aliphatic carbocycles. The van der Waals surface area contributed by atoms with Crippen molar-refractivity contribution >= 4 is 28.9 Å². The van der Waals surface area contributed by atoms with E-state index in [0.717, 1.165) is 0 Å². The Morgan fingerprint density at radius 1 is 0.686 bits per heavy atom. The first kappa shape index (κ1) is 25.1. The molecule has 3 aromatic rings. The van der Waals surface area contributed by atoms with Gasteiger partial charge in [0.15, 0.2) is 17.3 Å². The summed E-state index contributed by atoms with van der Waals surface area (Å²) < 4.78 is 37.5. The third-order valence-corrected chi connectivity index (χ3v) is 4.60. The van der Waals surface area contributed by atoms with Crippen LogP contribution in [0.15, 0.2) is 33.5 Å². The van der Waals surface area contributed by atoms with Gasteiger partial charge in [0.1, 0.15) is 28.2 Å². The van der Waals surface area contributed by atoms with E-state index in [1.165, 1.54) is 66.4 Å². The van der Waals surface area contributed by atoms with Gasteiger partial charge >= 0.3 is 17.9 Å². The highest BCUT2D eigenvalue weighted by Crippen LogP contribution is 2.44. The second-order valence-corrected chi connectivity index (χ2v) is 7.07. The first-order valence-electron chi connectivity index (χ1n) is 10.1. The summed E-state index contributed by atoms with van der Waals surface area (Å²) in [5, 5.41) is -0.0793. The SMILES string of the molecule is COc1cc(OC(C)=O)c2c(=O)c(OC)c(-c3cc(OC(C)=O)c(OC)cc3OC(C)=O)oc2c1. The van der Waals surface area contributed by atoms with Crippen LogP contribution in [0.3, 0.4) is 0 Å². The maximum atomic E-state index is 13.4. The molecule has 0 unspecified atom stereocenters. The van der Waals surface area contributed by atoms with Gasteiger partial charge in [-0.2, -0.15) is 0 Å². The zero-order chi connectivity index (χ0) is 25.9. The quantitative estimate of drug-likeness (QED) is 0.359. The van der Waals surface area contributed by atoms with Gasteiger partial charge in [-0.05, 0) is 6.07 Å². The molecule has 0 amide bonds. The third kappa shape index (κ3) is 5.18. The Morgan fingerprint density at radius 3 is 1.83 bits per heavy atom. The van der Waals surface area contributed by atoms with Gasteiger partial charge in [0.05, 0.1) is 26.9 Å². The molecule has 11 nitrogen and oxygen atoms in total. The predicted molar refractivity (Wildman–Crippen MR) is 122 cm³/mol. The lowest BCUT2D eigenvalue weighted by molar-refractivity contribution is -0.133. The average molecular weight is 486 g/mol. The number of carbonyl (C=O) groups is 3. The number of fused-ring (bicyclic) bond motifs is 1. The molecule has 0 radical (unpaired) electrons. The number of carbonyl (C=O) groups excluding carboxylic acids is 3. The van der Waals surface area contributed by atoms with E-state index < -0.39 is 23.3 Å². The highest BCUT2D eigenvalue weighted by atomic mass is 16.6. The number of ether oxygens (including phenoxy) is 6. The Kier molecular flexibility index (Phi) is 7.28. The molecule has 11 heteroatoms. The molecular formula is C24H22O11. The second-order valence-electron chi connectivity index (χ2n) is 7.07. The van der Waals surface area contributed by atoms with Gasteiger partial charge in [0.25, 0.3) is 0 Å². The monoisotopic (exact) mass is 486 g/mol. The topological polar surface area (TPSA) is 137 Å². The summed E-state index contributed by atoms with van der Waals surface area (Å²) >= 11 is 0. The van der Waals surface area contributed by atoms with E-state index in [2.05, 4.69) is 0 Å². The Bertz CT molecular complexity index is 1380. The molecule has 2 aromatic carbocycles. The van der Waals surface area contributed by atoms with Gasteiger partial charge in [0.2, 0.25) is 11.2 Å². The molecule has 0 N–H and O–H groups in total. The zero-order valence-corrected chi connectivity index (χ0v) is 19.8. The Balaban J connectivity index is 2.44. The zero-order valence-electron chi connectivity index (χ0n) is 19.8.